The van der Waals surface area contributed by atoms with E-state index in [2.05, 4.69) is 10.6 Å². The van der Waals surface area contributed by atoms with Crippen LogP contribution >= 0.6 is 11.3 Å². The Morgan fingerprint density at radius 2 is 1.84 bits per heavy atom. The molecule has 0 spiro atoms. The lowest BCUT2D eigenvalue weighted by molar-refractivity contribution is -0.139. The van der Waals surface area contributed by atoms with Crippen molar-refractivity contribution in [1.29, 1.82) is 0 Å². The van der Waals surface area contributed by atoms with Crippen molar-refractivity contribution < 1.29 is 19.1 Å². The number of thiazole rings is 1. The van der Waals surface area contributed by atoms with Crippen molar-refractivity contribution in [3.63, 3.8) is 0 Å². The molecule has 38 heavy (non-hydrogen) atoms. The molecule has 1 saturated heterocycles. The van der Waals surface area contributed by atoms with E-state index in [1.807, 2.05) is 30.9 Å². The van der Waals surface area contributed by atoms with Crippen molar-refractivity contribution in [1.82, 2.24) is 20.5 Å². The number of likely N-dealkylation sites (tertiary alicyclic amines) is 1. The van der Waals surface area contributed by atoms with Crippen LogP contribution in [0.2, 0.25) is 0 Å². The molecule has 2 N–H and O–H groups in total. The first-order chi connectivity index (χ1) is 18.3. The molecule has 1 aromatic carbocycles. The predicted octanol–water partition coefficient (Wildman–Crippen LogP) is 4.50. The quantitative estimate of drug-likeness (QED) is 0.431. The molecule has 2 fully saturated rings. The van der Waals surface area contributed by atoms with Crippen LogP contribution in [0.25, 0.3) is 0 Å². The van der Waals surface area contributed by atoms with Gasteiger partial charge in [-0.15, -0.1) is 11.3 Å². The Labute approximate surface area is 229 Å². The monoisotopic (exact) mass is 540 g/mol. The van der Waals surface area contributed by atoms with Crippen LogP contribution in [-0.2, 0) is 9.59 Å². The van der Waals surface area contributed by atoms with Crippen molar-refractivity contribution in [2.24, 2.45) is 5.92 Å². The second-order valence-electron chi connectivity index (χ2n) is 10.7. The first-order valence-corrected chi connectivity index (χ1v) is 14.7. The zero-order chi connectivity index (χ0) is 27.2. The van der Waals surface area contributed by atoms with Gasteiger partial charge in [-0.3, -0.25) is 14.4 Å². The highest BCUT2D eigenvalue weighted by atomic mass is 32.1. The van der Waals surface area contributed by atoms with Crippen molar-refractivity contribution in [3.8, 4) is 5.75 Å². The summed E-state index contributed by atoms with van der Waals surface area (Å²) in [5, 5.41) is 8.60. The van der Waals surface area contributed by atoms with Gasteiger partial charge in [0.15, 0.2) is 0 Å². The molecule has 2 amide bonds. The molecular formula is C29H40N4O4S. The van der Waals surface area contributed by atoms with Gasteiger partial charge in [-0.2, -0.15) is 0 Å². The minimum absolute atomic E-state index is 0.0146. The van der Waals surface area contributed by atoms with Crippen molar-refractivity contribution in [2.45, 2.75) is 89.9 Å². The first-order valence-electron chi connectivity index (χ1n) is 13.8. The Balaban J connectivity index is 1.52. The largest absolute Gasteiger partial charge is 0.491 e. The van der Waals surface area contributed by atoms with Crippen LogP contribution in [-0.4, -0.2) is 59.3 Å². The molecule has 3 unspecified atom stereocenters. The molecule has 1 aliphatic heterocycles. The average molecular weight is 541 g/mol. The standard InChI is InChI=1S/C29H40N4O4S/c1-18(2)37-22-13-8-12-21(16-22)26(34)23-17-38-28(31-23)24-14-9-15-33(24)29(36)25(20-10-6-5-7-11-20)32-27(35)19(3)30-4/h8,12-13,16-20,24-25,30H,5-7,9-11,14-15H2,1-4H3,(H,32,35). The zero-order valence-electron chi connectivity index (χ0n) is 22.9. The maximum atomic E-state index is 13.9. The number of ether oxygens (including phenoxy) is 1. The second kappa shape index (κ2) is 12.8. The summed E-state index contributed by atoms with van der Waals surface area (Å²) in [7, 11) is 1.74. The summed E-state index contributed by atoms with van der Waals surface area (Å²) in [6, 6.07) is 6.06. The van der Waals surface area contributed by atoms with Gasteiger partial charge in [-0.25, -0.2) is 4.98 Å². The van der Waals surface area contributed by atoms with E-state index < -0.39 is 6.04 Å². The highest BCUT2D eigenvalue weighted by Gasteiger charge is 2.40. The van der Waals surface area contributed by atoms with E-state index in [1.54, 1.807) is 31.5 Å². The molecule has 1 aromatic heterocycles. The number of carbonyl (C=O) groups excluding carboxylic acids is 3. The van der Waals surface area contributed by atoms with Gasteiger partial charge in [0.25, 0.3) is 0 Å². The number of ketones is 1. The minimum atomic E-state index is -0.538. The van der Waals surface area contributed by atoms with Crippen molar-refractivity contribution in [2.75, 3.05) is 13.6 Å². The van der Waals surface area contributed by atoms with Gasteiger partial charge in [-0.1, -0.05) is 31.4 Å². The maximum Gasteiger partial charge on any atom is 0.246 e. The van der Waals surface area contributed by atoms with Crippen LogP contribution in [0, 0.1) is 5.92 Å². The Bertz CT molecular complexity index is 1130. The number of hydrogen-bond donors (Lipinski definition) is 2. The van der Waals surface area contributed by atoms with E-state index in [9.17, 15) is 14.4 Å². The number of nitrogens with one attached hydrogen (secondary N) is 2. The molecule has 4 rings (SSSR count). The molecule has 2 aromatic rings. The third kappa shape index (κ3) is 6.61. The smallest absolute Gasteiger partial charge is 0.246 e. The molecule has 0 bridgehead atoms. The lowest BCUT2D eigenvalue weighted by Gasteiger charge is -2.35. The van der Waals surface area contributed by atoms with Crippen LogP contribution in [0.3, 0.4) is 0 Å². The van der Waals surface area contributed by atoms with Gasteiger partial charge in [0.2, 0.25) is 17.6 Å². The molecule has 9 heteroatoms. The first kappa shape index (κ1) is 28.2. The number of aromatic nitrogens is 1. The predicted molar refractivity (Wildman–Crippen MR) is 148 cm³/mol. The van der Waals surface area contributed by atoms with E-state index in [0.29, 0.717) is 23.6 Å². The molecule has 0 radical (unpaired) electrons. The molecule has 2 aliphatic rings. The number of hydrogen-bond acceptors (Lipinski definition) is 7. The lowest BCUT2D eigenvalue weighted by atomic mass is 9.83. The fourth-order valence-electron chi connectivity index (χ4n) is 5.40. The van der Waals surface area contributed by atoms with Crippen LogP contribution in [0.15, 0.2) is 29.6 Å². The van der Waals surface area contributed by atoms with Gasteiger partial charge in [-0.05, 0) is 71.6 Å². The van der Waals surface area contributed by atoms with Crippen LogP contribution in [0.1, 0.15) is 92.8 Å². The summed E-state index contributed by atoms with van der Waals surface area (Å²) >= 11 is 1.42. The summed E-state index contributed by atoms with van der Waals surface area (Å²) in [6.07, 6.45) is 6.90. The minimum Gasteiger partial charge on any atom is -0.491 e. The summed E-state index contributed by atoms with van der Waals surface area (Å²) in [5.74, 6) is 0.443. The van der Waals surface area contributed by atoms with Crippen molar-refractivity contribution >= 4 is 28.9 Å². The molecule has 206 valence electrons. The molecule has 1 aliphatic carbocycles. The number of rotatable bonds is 10. The number of nitrogens with zero attached hydrogens (tertiary/aromatic N) is 2. The lowest BCUT2D eigenvalue weighted by Crippen LogP contribution is -2.55. The third-order valence-corrected chi connectivity index (χ3v) is 8.50. The maximum absolute atomic E-state index is 13.9. The van der Waals surface area contributed by atoms with Crippen LogP contribution in [0.5, 0.6) is 5.75 Å². The number of carbonyl (C=O) groups is 3. The summed E-state index contributed by atoms with van der Waals surface area (Å²) < 4.78 is 5.74. The van der Waals surface area contributed by atoms with Gasteiger partial charge in [0.05, 0.1) is 18.2 Å². The summed E-state index contributed by atoms with van der Waals surface area (Å²) in [4.78, 5) is 46.5. The Morgan fingerprint density at radius 3 is 2.55 bits per heavy atom. The van der Waals surface area contributed by atoms with E-state index in [1.165, 1.54) is 17.8 Å². The highest BCUT2D eigenvalue weighted by molar-refractivity contribution is 7.10. The Morgan fingerprint density at radius 1 is 1.08 bits per heavy atom. The van der Waals surface area contributed by atoms with Gasteiger partial charge in [0, 0.05) is 17.5 Å². The number of likely N-dealkylation sites (N-methyl/N-ethyl adjacent to an activating group) is 1. The fourth-order valence-corrected chi connectivity index (χ4v) is 6.34. The van der Waals surface area contributed by atoms with Crippen LogP contribution in [0.4, 0.5) is 0 Å². The third-order valence-electron chi connectivity index (χ3n) is 7.55. The Hall–Kier alpha value is -2.78. The summed E-state index contributed by atoms with van der Waals surface area (Å²) in [5.41, 5.74) is 0.907. The van der Waals surface area contributed by atoms with E-state index in [0.717, 1.165) is 43.5 Å². The second-order valence-corrected chi connectivity index (χ2v) is 11.6. The molecule has 1 saturated carbocycles. The van der Waals surface area contributed by atoms with Gasteiger partial charge >= 0.3 is 0 Å². The molecule has 3 atom stereocenters. The SMILES string of the molecule is CNC(C)C(=O)NC(C(=O)N1CCCC1c1nc(C(=O)c2cccc(OC(C)C)c2)cs1)C1CCCCC1. The molecule has 8 nitrogen and oxygen atoms in total. The summed E-state index contributed by atoms with van der Waals surface area (Å²) in [6.45, 7) is 6.32. The van der Waals surface area contributed by atoms with E-state index in [-0.39, 0.29) is 41.7 Å². The Kier molecular flexibility index (Phi) is 9.54. The fraction of sp³-hybridized carbons (Fsp3) is 0.586. The molecular weight excluding hydrogens is 500 g/mol. The molecule has 2 heterocycles. The van der Waals surface area contributed by atoms with Crippen LogP contribution < -0.4 is 15.4 Å². The van der Waals surface area contributed by atoms with Gasteiger partial charge in [0.1, 0.15) is 22.5 Å². The highest BCUT2D eigenvalue weighted by Crippen LogP contribution is 2.36. The normalized spacial score (nSPS) is 19.8. The number of benzene rings is 1. The average Bonchev–Trinajstić information content (AvgIpc) is 3.60. The van der Waals surface area contributed by atoms with Crippen molar-refractivity contribution in [3.05, 3.63) is 45.9 Å². The van der Waals surface area contributed by atoms with E-state index >= 15 is 0 Å². The number of amides is 2. The van der Waals surface area contributed by atoms with Gasteiger partial charge < -0.3 is 20.3 Å². The van der Waals surface area contributed by atoms with E-state index in [4.69, 9.17) is 9.72 Å². The topological polar surface area (TPSA) is 101 Å². The zero-order valence-corrected chi connectivity index (χ0v) is 23.7.